The highest BCUT2D eigenvalue weighted by Crippen LogP contribution is 2.43. The Balaban J connectivity index is 5.24. The third-order valence-corrected chi connectivity index (χ3v) is 15.1. The zero-order valence-corrected chi connectivity index (χ0v) is 50.0. The van der Waals surface area contributed by atoms with Crippen LogP contribution in [-0.4, -0.2) is 74.3 Å². The first-order valence-corrected chi connectivity index (χ1v) is 32.8. The number of quaternary nitrogens is 1. The van der Waals surface area contributed by atoms with E-state index in [4.69, 9.17) is 13.8 Å². The molecule has 0 aromatic carbocycles. The van der Waals surface area contributed by atoms with Crippen LogP contribution in [0.5, 0.6) is 0 Å². The maximum Gasteiger partial charge on any atom is 0.472 e. The van der Waals surface area contributed by atoms with Crippen LogP contribution >= 0.6 is 7.82 Å². The molecule has 73 heavy (non-hydrogen) atoms. The van der Waals surface area contributed by atoms with Crippen LogP contribution in [0.2, 0.25) is 0 Å². The Bertz CT molecular complexity index is 1350. The molecule has 0 bridgehead atoms. The van der Waals surface area contributed by atoms with Crippen molar-refractivity contribution < 1.29 is 37.3 Å². The van der Waals surface area contributed by atoms with Crippen molar-refractivity contribution in [2.45, 2.75) is 315 Å². The molecule has 9 nitrogen and oxygen atoms in total. The Morgan fingerprint density at radius 2 is 0.849 bits per heavy atom. The first kappa shape index (κ1) is 71.2. The van der Waals surface area contributed by atoms with Gasteiger partial charge in [-0.15, -0.1) is 0 Å². The monoisotopic (exact) mass is 1050 g/mol. The zero-order chi connectivity index (χ0) is 53.6. The highest BCUT2D eigenvalue weighted by Gasteiger charge is 2.30. The predicted octanol–water partition coefficient (Wildman–Crippen LogP) is 19.1. The number of nitrogens with one attached hydrogen (secondary N) is 1. The molecule has 0 aromatic rings. The van der Waals surface area contributed by atoms with Crippen molar-refractivity contribution in [1.82, 2.24) is 5.32 Å². The van der Waals surface area contributed by atoms with Gasteiger partial charge in [-0.05, 0) is 51.0 Å². The molecule has 0 aromatic heterocycles. The molecule has 0 spiro atoms. The standard InChI is InChI=1S/C63H121N2O7P/c1-7-10-13-16-19-22-25-28-29-30-31-32-33-34-35-38-40-43-46-49-52-55-62(66)64-60(59-71-73(68,69)70-58-57-65(4,5)6)61(54-51-48-45-42-39-36-26-23-20-17-14-11-8-2)72-63(67)56-53-50-47-44-41-37-27-24-21-18-15-12-9-3/h37,41,47,50-51,54,60-61H,7-36,38-40,42-46,48-49,52-53,55-59H2,1-6H3,(H-,64,66,68,69)/p+1/b41-37-,50-47+,54-51+. The third kappa shape index (κ3) is 54.8. The summed E-state index contributed by atoms with van der Waals surface area (Å²) in [5.41, 5.74) is 0. The van der Waals surface area contributed by atoms with Crippen LogP contribution in [0, 0.1) is 0 Å². The van der Waals surface area contributed by atoms with E-state index in [0.717, 1.165) is 51.4 Å². The maximum absolute atomic E-state index is 13.5. The van der Waals surface area contributed by atoms with Crippen LogP contribution in [0.15, 0.2) is 36.5 Å². The molecule has 0 aliphatic rings. The van der Waals surface area contributed by atoms with E-state index in [0.29, 0.717) is 23.9 Å². The van der Waals surface area contributed by atoms with Crippen molar-refractivity contribution in [3.63, 3.8) is 0 Å². The molecular weight excluding hydrogens is 928 g/mol. The Labute approximate surface area is 453 Å². The Kier molecular flexibility index (Phi) is 52.3. The van der Waals surface area contributed by atoms with Gasteiger partial charge < -0.3 is 19.4 Å². The van der Waals surface area contributed by atoms with Crippen molar-refractivity contribution >= 4 is 19.7 Å². The minimum atomic E-state index is -4.45. The van der Waals surface area contributed by atoms with Crippen LogP contribution in [0.4, 0.5) is 0 Å². The Morgan fingerprint density at radius 3 is 1.26 bits per heavy atom. The van der Waals surface area contributed by atoms with Crippen molar-refractivity contribution in [2.75, 3.05) is 40.9 Å². The Hall–Kier alpha value is -1.77. The smallest absolute Gasteiger partial charge is 0.456 e. The normalized spacial score (nSPS) is 13.9. The second kappa shape index (κ2) is 53.6. The minimum absolute atomic E-state index is 0.0352. The fraction of sp³-hybridized carbons (Fsp3) is 0.873. The Morgan fingerprint density at radius 1 is 0.479 bits per heavy atom. The number of phosphoric ester groups is 1. The first-order chi connectivity index (χ1) is 35.4. The lowest BCUT2D eigenvalue weighted by Crippen LogP contribution is -2.47. The number of carbonyl (C=O) groups is 2. The summed E-state index contributed by atoms with van der Waals surface area (Å²) in [6.07, 6.45) is 64.5. The van der Waals surface area contributed by atoms with Gasteiger partial charge in [-0.2, -0.15) is 0 Å². The average Bonchev–Trinajstić information content (AvgIpc) is 3.35. The molecule has 2 N–H and O–H groups in total. The molecule has 0 fully saturated rings. The van der Waals surface area contributed by atoms with E-state index >= 15 is 0 Å². The molecule has 0 aliphatic heterocycles. The summed E-state index contributed by atoms with van der Waals surface area (Å²) >= 11 is 0. The van der Waals surface area contributed by atoms with Gasteiger partial charge in [-0.25, -0.2) is 4.57 Å². The first-order valence-electron chi connectivity index (χ1n) is 31.3. The maximum atomic E-state index is 13.5. The summed E-state index contributed by atoms with van der Waals surface area (Å²) in [6, 6.07) is -0.866. The van der Waals surface area contributed by atoms with Gasteiger partial charge in [0, 0.05) is 12.8 Å². The van der Waals surface area contributed by atoms with Crippen LogP contribution in [0.25, 0.3) is 0 Å². The molecule has 0 radical (unpaired) electrons. The van der Waals surface area contributed by atoms with Gasteiger partial charge in [0.25, 0.3) is 0 Å². The average molecular weight is 1050 g/mol. The summed E-state index contributed by atoms with van der Waals surface area (Å²) in [5.74, 6) is -0.569. The minimum Gasteiger partial charge on any atom is -0.456 e. The number of amides is 1. The number of allylic oxidation sites excluding steroid dienone is 5. The number of nitrogens with zero attached hydrogens (tertiary/aromatic N) is 1. The largest absolute Gasteiger partial charge is 0.472 e. The third-order valence-electron chi connectivity index (χ3n) is 14.1. The van der Waals surface area contributed by atoms with Crippen LogP contribution in [0.3, 0.4) is 0 Å². The van der Waals surface area contributed by atoms with Gasteiger partial charge >= 0.3 is 13.8 Å². The van der Waals surface area contributed by atoms with E-state index in [-0.39, 0.29) is 31.5 Å². The molecule has 10 heteroatoms. The number of carbonyl (C=O) groups excluding carboxylic acids is 2. The molecule has 1 amide bonds. The van der Waals surface area contributed by atoms with E-state index in [9.17, 15) is 19.0 Å². The fourth-order valence-electron chi connectivity index (χ4n) is 9.23. The van der Waals surface area contributed by atoms with Crippen LogP contribution in [-0.2, 0) is 27.9 Å². The lowest BCUT2D eigenvalue weighted by atomic mass is 10.0. The molecule has 0 saturated heterocycles. The second-order valence-electron chi connectivity index (χ2n) is 22.6. The van der Waals surface area contributed by atoms with Gasteiger partial charge in [-0.3, -0.25) is 18.6 Å². The molecule has 430 valence electrons. The number of ether oxygens (including phenoxy) is 1. The number of esters is 1. The number of rotatable bonds is 57. The SMILES string of the molecule is CCCCCCCC/C=C\C/C=C/CCC(=O)OC(/C=C/CCCCCCCCCCCCC)C(COP(=O)(O)OCC[N+](C)(C)C)NC(=O)CCCCCCCCCCCCCCCCCCCCCCC. The second-order valence-corrected chi connectivity index (χ2v) is 24.0. The van der Waals surface area contributed by atoms with E-state index < -0.39 is 20.0 Å². The predicted molar refractivity (Wildman–Crippen MR) is 314 cm³/mol. The van der Waals surface area contributed by atoms with Crippen LogP contribution < -0.4 is 5.32 Å². The molecule has 0 heterocycles. The van der Waals surface area contributed by atoms with Crippen molar-refractivity contribution in [1.29, 1.82) is 0 Å². The highest BCUT2D eigenvalue weighted by atomic mass is 31.2. The van der Waals surface area contributed by atoms with Gasteiger partial charge in [0.15, 0.2) is 0 Å². The van der Waals surface area contributed by atoms with E-state index in [1.807, 2.05) is 39.4 Å². The summed E-state index contributed by atoms with van der Waals surface area (Å²) in [7, 11) is 1.48. The number of phosphoric acid groups is 1. The zero-order valence-electron chi connectivity index (χ0n) is 49.1. The number of hydrogen-bond donors (Lipinski definition) is 2. The van der Waals surface area contributed by atoms with E-state index in [2.05, 4.69) is 44.3 Å². The summed E-state index contributed by atoms with van der Waals surface area (Å²) in [6.45, 7) is 7.00. The number of unbranched alkanes of at least 4 members (excludes halogenated alkanes) is 37. The van der Waals surface area contributed by atoms with Gasteiger partial charge in [-0.1, -0.05) is 276 Å². The molecule has 0 aliphatic carbocycles. The lowest BCUT2D eigenvalue weighted by Gasteiger charge is -2.27. The highest BCUT2D eigenvalue weighted by molar-refractivity contribution is 7.47. The molecule has 0 rings (SSSR count). The molecule has 3 atom stereocenters. The quantitative estimate of drug-likeness (QED) is 0.0205. The van der Waals surface area contributed by atoms with Gasteiger partial charge in [0.05, 0.1) is 33.8 Å². The van der Waals surface area contributed by atoms with Crippen molar-refractivity contribution in [2.24, 2.45) is 0 Å². The van der Waals surface area contributed by atoms with E-state index in [1.54, 1.807) is 0 Å². The topological polar surface area (TPSA) is 111 Å². The summed E-state index contributed by atoms with van der Waals surface area (Å²) in [4.78, 5) is 37.6. The van der Waals surface area contributed by atoms with Crippen LogP contribution in [0.1, 0.15) is 303 Å². The van der Waals surface area contributed by atoms with Crippen molar-refractivity contribution in [3.05, 3.63) is 36.5 Å². The van der Waals surface area contributed by atoms with Gasteiger partial charge in [0.2, 0.25) is 5.91 Å². The summed E-state index contributed by atoms with van der Waals surface area (Å²) < 4.78 is 30.6. The fourth-order valence-corrected chi connectivity index (χ4v) is 9.97. The summed E-state index contributed by atoms with van der Waals surface area (Å²) in [5, 5.41) is 3.05. The molecule has 0 saturated carbocycles. The van der Waals surface area contributed by atoms with Gasteiger partial charge in [0.1, 0.15) is 19.3 Å². The lowest BCUT2D eigenvalue weighted by molar-refractivity contribution is -0.870. The number of hydrogen-bond acceptors (Lipinski definition) is 6. The molecular formula is C63H122N2O7P+. The van der Waals surface area contributed by atoms with Crippen molar-refractivity contribution in [3.8, 4) is 0 Å². The molecule has 3 unspecified atom stereocenters. The number of likely N-dealkylation sites (N-methyl/N-ethyl adjacent to an activating group) is 1. The van der Waals surface area contributed by atoms with E-state index in [1.165, 1.54) is 212 Å².